The Balaban J connectivity index is 1.53. The maximum absolute atomic E-state index is 6.30. The van der Waals surface area contributed by atoms with E-state index in [-0.39, 0.29) is 5.54 Å². The molecule has 16 heavy (non-hydrogen) atoms. The molecule has 0 radical (unpaired) electrons. The predicted octanol–water partition coefficient (Wildman–Crippen LogP) is 1.51. The first-order valence-electron chi connectivity index (χ1n) is 6.91. The van der Waals surface area contributed by atoms with Gasteiger partial charge in [-0.2, -0.15) is 0 Å². The normalized spacial score (nSPS) is 38.1. The molecule has 2 aliphatic carbocycles. The van der Waals surface area contributed by atoms with Gasteiger partial charge >= 0.3 is 0 Å². The highest BCUT2D eigenvalue weighted by Gasteiger charge is 2.38. The molecule has 3 rings (SSSR count). The molecule has 2 atom stereocenters. The van der Waals surface area contributed by atoms with Crippen LogP contribution in [0.4, 0.5) is 0 Å². The van der Waals surface area contributed by atoms with Gasteiger partial charge in [0.25, 0.3) is 0 Å². The summed E-state index contributed by atoms with van der Waals surface area (Å²) in [6.07, 6.45) is 9.50. The minimum Gasteiger partial charge on any atom is -0.375 e. The van der Waals surface area contributed by atoms with Crippen LogP contribution in [0.1, 0.15) is 44.9 Å². The number of hydrogen-bond acceptors (Lipinski definition) is 3. The zero-order valence-electron chi connectivity index (χ0n) is 10.2. The highest BCUT2D eigenvalue weighted by atomic mass is 16.5. The lowest BCUT2D eigenvalue weighted by Gasteiger charge is -2.43. The van der Waals surface area contributed by atoms with Gasteiger partial charge in [0.2, 0.25) is 0 Å². The van der Waals surface area contributed by atoms with Crippen LogP contribution in [0.3, 0.4) is 0 Å². The fourth-order valence-corrected chi connectivity index (χ4v) is 3.53. The maximum Gasteiger partial charge on any atom is 0.0730 e. The van der Waals surface area contributed by atoms with Crippen molar-refractivity contribution >= 4 is 0 Å². The molecular formula is C13H24N2O. The molecule has 1 aliphatic heterocycles. The van der Waals surface area contributed by atoms with Crippen molar-refractivity contribution in [3.05, 3.63) is 0 Å². The molecule has 1 saturated heterocycles. The lowest BCUT2D eigenvalue weighted by atomic mass is 9.75. The van der Waals surface area contributed by atoms with Crippen molar-refractivity contribution in [2.45, 2.75) is 62.6 Å². The van der Waals surface area contributed by atoms with Crippen molar-refractivity contribution in [2.75, 3.05) is 19.7 Å². The Hall–Kier alpha value is -0.120. The van der Waals surface area contributed by atoms with E-state index in [0.29, 0.717) is 12.1 Å². The van der Waals surface area contributed by atoms with E-state index in [4.69, 9.17) is 10.5 Å². The van der Waals surface area contributed by atoms with Gasteiger partial charge in [-0.25, -0.2) is 0 Å². The molecule has 0 amide bonds. The Kier molecular flexibility index (Phi) is 2.94. The summed E-state index contributed by atoms with van der Waals surface area (Å²) in [5.74, 6) is 0. The van der Waals surface area contributed by atoms with Crippen molar-refractivity contribution in [3.8, 4) is 0 Å². The molecule has 2 saturated carbocycles. The topological polar surface area (TPSA) is 38.5 Å². The highest BCUT2D eigenvalue weighted by Crippen LogP contribution is 2.34. The molecule has 2 N–H and O–H groups in total. The fourth-order valence-electron chi connectivity index (χ4n) is 3.53. The third kappa shape index (κ3) is 2.01. The fraction of sp³-hybridized carbons (Fsp3) is 1.00. The second-order valence-electron chi connectivity index (χ2n) is 5.91. The van der Waals surface area contributed by atoms with Crippen LogP contribution in [0.25, 0.3) is 0 Å². The standard InChI is InChI=1S/C13H24N2O/c14-13(5-2-6-13)7-8-15-9-10-16-12-4-1-3-11(12)15/h11-12H,1-10,14H2. The lowest BCUT2D eigenvalue weighted by Crippen LogP contribution is -2.53. The number of nitrogens with two attached hydrogens (primary N) is 1. The molecular weight excluding hydrogens is 200 g/mol. The van der Waals surface area contributed by atoms with E-state index in [1.807, 2.05) is 0 Å². The Bertz CT molecular complexity index is 252. The SMILES string of the molecule is NC1(CCN2CCOC3CCCC32)CCC1. The molecule has 0 aromatic carbocycles. The van der Waals surface area contributed by atoms with Gasteiger partial charge in [-0.1, -0.05) is 0 Å². The zero-order chi connectivity index (χ0) is 11.0. The summed E-state index contributed by atoms with van der Waals surface area (Å²) < 4.78 is 5.83. The van der Waals surface area contributed by atoms with E-state index in [0.717, 1.165) is 13.2 Å². The second-order valence-corrected chi connectivity index (χ2v) is 5.91. The van der Waals surface area contributed by atoms with E-state index < -0.39 is 0 Å². The van der Waals surface area contributed by atoms with Gasteiger partial charge in [0.1, 0.15) is 0 Å². The number of ether oxygens (including phenoxy) is 1. The first-order chi connectivity index (χ1) is 7.77. The first kappa shape index (κ1) is 11.0. The Morgan fingerprint density at radius 1 is 1.25 bits per heavy atom. The Labute approximate surface area is 98.3 Å². The molecule has 3 aliphatic rings. The molecule has 3 heteroatoms. The van der Waals surface area contributed by atoms with Gasteiger partial charge in [-0.3, -0.25) is 4.90 Å². The smallest absolute Gasteiger partial charge is 0.0730 e. The van der Waals surface area contributed by atoms with Gasteiger partial charge in [0, 0.05) is 24.7 Å². The van der Waals surface area contributed by atoms with E-state index in [1.54, 1.807) is 0 Å². The predicted molar refractivity (Wildman–Crippen MR) is 64.3 cm³/mol. The number of hydrogen-bond donors (Lipinski definition) is 1. The maximum atomic E-state index is 6.30. The van der Waals surface area contributed by atoms with Crippen molar-refractivity contribution in [2.24, 2.45) is 5.73 Å². The summed E-state index contributed by atoms with van der Waals surface area (Å²) in [4.78, 5) is 2.65. The molecule has 3 fully saturated rings. The van der Waals surface area contributed by atoms with Gasteiger partial charge < -0.3 is 10.5 Å². The molecule has 1 heterocycles. The van der Waals surface area contributed by atoms with Gasteiger partial charge in [-0.15, -0.1) is 0 Å². The van der Waals surface area contributed by atoms with Crippen LogP contribution in [0.5, 0.6) is 0 Å². The van der Waals surface area contributed by atoms with Crippen LogP contribution in [0, 0.1) is 0 Å². The Morgan fingerprint density at radius 3 is 2.88 bits per heavy atom. The third-order valence-electron chi connectivity index (χ3n) is 4.84. The average molecular weight is 224 g/mol. The number of fused-ring (bicyclic) bond motifs is 1. The van der Waals surface area contributed by atoms with E-state index in [1.165, 1.54) is 51.5 Å². The Morgan fingerprint density at radius 2 is 2.12 bits per heavy atom. The lowest BCUT2D eigenvalue weighted by molar-refractivity contribution is -0.0584. The van der Waals surface area contributed by atoms with Crippen LogP contribution >= 0.6 is 0 Å². The summed E-state index contributed by atoms with van der Waals surface area (Å²) in [5.41, 5.74) is 6.49. The first-order valence-corrected chi connectivity index (χ1v) is 6.91. The molecule has 92 valence electrons. The van der Waals surface area contributed by atoms with E-state index in [9.17, 15) is 0 Å². The summed E-state index contributed by atoms with van der Waals surface area (Å²) in [6, 6.07) is 0.706. The molecule has 0 aromatic heterocycles. The summed E-state index contributed by atoms with van der Waals surface area (Å²) in [6.45, 7) is 3.25. The number of rotatable bonds is 3. The van der Waals surface area contributed by atoms with Crippen molar-refractivity contribution in [1.82, 2.24) is 4.90 Å². The second kappa shape index (κ2) is 4.28. The third-order valence-corrected chi connectivity index (χ3v) is 4.84. The van der Waals surface area contributed by atoms with Crippen LogP contribution in [-0.4, -0.2) is 42.3 Å². The van der Waals surface area contributed by atoms with Crippen LogP contribution < -0.4 is 5.73 Å². The highest BCUT2D eigenvalue weighted by molar-refractivity contribution is 4.95. The molecule has 3 nitrogen and oxygen atoms in total. The van der Waals surface area contributed by atoms with Crippen molar-refractivity contribution in [1.29, 1.82) is 0 Å². The van der Waals surface area contributed by atoms with Crippen molar-refractivity contribution in [3.63, 3.8) is 0 Å². The van der Waals surface area contributed by atoms with Crippen LogP contribution in [-0.2, 0) is 4.74 Å². The monoisotopic (exact) mass is 224 g/mol. The van der Waals surface area contributed by atoms with Gasteiger partial charge in [0.15, 0.2) is 0 Å². The van der Waals surface area contributed by atoms with Crippen LogP contribution in [0.15, 0.2) is 0 Å². The van der Waals surface area contributed by atoms with E-state index in [2.05, 4.69) is 4.90 Å². The minimum absolute atomic E-state index is 0.187. The molecule has 0 aromatic rings. The van der Waals surface area contributed by atoms with Gasteiger partial charge in [-0.05, 0) is 44.9 Å². The summed E-state index contributed by atoms with van der Waals surface area (Å²) in [5, 5.41) is 0. The zero-order valence-corrected chi connectivity index (χ0v) is 10.2. The molecule has 2 unspecified atom stereocenters. The van der Waals surface area contributed by atoms with Gasteiger partial charge in [0.05, 0.1) is 12.7 Å². The number of morpholine rings is 1. The molecule has 0 spiro atoms. The largest absolute Gasteiger partial charge is 0.375 e. The number of nitrogens with zero attached hydrogens (tertiary/aromatic N) is 1. The molecule has 0 bridgehead atoms. The van der Waals surface area contributed by atoms with E-state index >= 15 is 0 Å². The average Bonchev–Trinajstić information content (AvgIpc) is 2.72. The minimum atomic E-state index is 0.187. The summed E-state index contributed by atoms with van der Waals surface area (Å²) in [7, 11) is 0. The summed E-state index contributed by atoms with van der Waals surface area (Å²) >= 11 is 0. The van der Waals surface area contributed by atoms with Crippen LogP contribution in [0.2, 0.25) is 0 Å². The van der Waals surface area contributed by atoms with Crippen molar-refractivity contribution < 1.29 is 4.74 Å². The quantitative estimate of drug-likeness (QED) is 0.790.